The van der Waals surface area contributed by atoms with E-state index in [1.807, 2.05) is 0 Å². The Hall–Kier alpha value is -0.590. The van der Waals surface area contributed by atoms with E-state index in [4.69, 9.17) is 0 Å². The van der Waals surface area contributed by atoms with E-state index >= 15 is 0 Å². The molecule has 0 N–H and O–H groups in total. The number of rotatable bonds is 0. The van der Waals surface area contributed by atoms with Gasteiger partial charge in [-0.15, -0.1) is 0 Å². The smallest absolute Gasteiger partial charge is 0.161 e. The van der Waals surface area contributed by atoms with E-state index < -0.39 is 0 Å². The lowest BCUT2D eigenvalue weighted by atomic mass is 9.45. The highest BCUT2D eigenvalue weighted by Gasteiger charge is 2.59. The maximum absolute atomic E-state index is 12.0. The highest BCUT2D eigenvalue weighted by Crippen LogP contribution is 2.66. The Balaban J connectivity index is 2.07. The standard InChI is InChI=1S/C14H20O/c1-7-10-5-9-6-11(14(9,3)4)12(10)8(2)13(7)15/h7,9-11H,5-6H2,1-4H3/t7-,9-,10-,11+/m0/s1. The predicted molar refractivity (Wildman–Crippen MR) is 60.4 cm³/mol. The molecule has 4 aliphatic carbocycles. The molecule has 0 radical (unpaired) electrons. The summed E-state index contributed by atoms with van der Waals surface area (Å²) in [6, 6.07) is 0. The molecule has 0 unspecified atom stereocenters. The van der Waals surface area contributed by atoms with Crippen LogP contribution in [0.25, 0.3) is 0 Å². The lowest BCUT2D eigenvalue weighted by molar-refractivity contribution is -0.119. The molecule has 0 amide bonds. The van der Waals surface area contributed by atoms with Gasteiger partial charge < -0.3 is 0 Å². The van der Waals surface area contributed by atoms with E-state index in [-0.39, 0.29) is 5.92 Å². The van der Waals surface area contributed by atoms with E-state index in [9.17, 15) is 4.79 Å². The van der Waals surface area contributed by atoms with Crippen molar-refractivity contribution in [3.63, 3.8) is 0 Å². The number of hydrogen-bond donors (Lipinski definition) is 0. The molecule has 0 aromatic heterocycles. The molecule has 0 aromatic carbocycles. The topological polar surface area (TPSA) is 17.1 Å². The van der Waals surface area contributed by atoms with Gasteiger partial charge in [0.15, 0.2) is 5.78 Å². The summed E-state index contributed by atoms with van der Waals surface area (Å²) < 4.78 is 0. The zero-order valence-corrected chi connectivity index (χ0v) is 10.1. The number of allylic oxidation sites excluding steroid dienone is 2. The van der Waals surface area contributed by atoms with Gasteiger partial charge in [-0.3, -0.25) is 4.79 Å². The molecule has 1 nitrogen and oxygen atoms in total. The monoisotopic (exact) mass is 204 g/mol. The number of ketones is 1. The van der Waals surface area contributed by atoms with Crippen molar-refractivity contribution < 1.29 is 4.79 Å². The summed E-state index contributed by atoms with van der Waals surface area (Å²) in [5.41, 5.74) is 3.13. The van der Waals surface area contributed by atoms with Crippen molar-refractivity contribution in [3.05, 3.63) is 11.1 Å². The van der Waals surface area contributed by atoms with Crippen LogP contribution in [0, 0.1) is 29.1 Å². The van der Waals surface area contributed by atoms with Gasteiger partial charge in [-0.05, 0) is 48.5 Å². The second kappa shape index (κ2) is 2.56. The lowest BCUT2D eigenvalue weighted by Gasteiger charge is -2.60. The fourth-order valence-electron chi connectivity index (χ4n) is 4.32. The fraction of sp³-hybridized carbons (Fsp3) is 0.786. The third kappa shape index (κ3) is 0.926. The van der Waals surface area contributed by atoms with E-state index in [0.717, 1.165) is 17.4 Å². The fourth-order valence-corrected chi connectivity index (χ4v) is 4.32. The van der Waals surface area contributed by atoms with Gasteiger partial charge in [0.25, 0.3) is 0 Å². The van der Waals surface area contributed by atoms with Crippen molar-refractivity contribution >= 4 is 5.78 Å². The predicted octanol–water partition coefficient (Wildman–Crippen LogP) is 3.20. The molecule has 0 heterocycles. The van der Waals surface area contributed by atoms with Crippen molar-refractivity contribution in [2.75, 3.05) is 0 Å². The first-order chi connectivity index (χ1) is 6.94. The maximum Gasteiger partial charge on any atom is 0.161 e. The van der Waals surface area contributed by atoms with Crippen molar-refractivity contribution in [2.24, 2.45) is 29.1 Å². The van der Waals surface area contributed by atoms with Gasteiger partial charge in [-0.2, -0.15) is 0 Å². The Morgan fingerprint density at radius 2 is 1.93 bits per heavy atom. The first-order valence-corrected chi connectivity index (χ1v) is 6.19. The van der Waals surface area contributed by atoms with Crippen molar-refractivity contribution in [1.82, 2.24) is 0 Å². The van der Waals surface area contributed by atoms with Crippen LogP contribution in [-0.4, -0.2) is 5.78 Å². The molecule has 0 saturated heterocycles. The summed E-state index contributed by atoms with van der Waals surface area (Å²) in [4.78, 5) is 12.0. The molecule has 82 valence electrons. The Morgan fingerprint density at radius 3 is 2.53 bits per heavy atom. The molecule has 3 fully saturated rings. The quantitative estimate of drug-likeness (QED) is 0.592. The minimum atomic E-state index is 0.279. The second-order valence-electron chi connectivity index (χ2n) is 6.38. The number of carbonyl (C=O) groups is 1. The minimum absolute atomic E-state index is 0.279. The van der Waals surface area contributed by atoms with E-state index in [1.54, 1.807) is 5.57 Å². The third-order valence-electron chi connectivity index (χ3n) is 5.60. The Kier molecular flexibility index (Phi) is 1.64. The Bertz CT molecular complexity index is 375. The normalized spacial score (nSPS) is 46.5. The molecule has 0 spiro atoms. The van der Waals surface area contributed by atoms with Crippen LogP contribution in [0.15, 0.2) is 11.1 Å². The van der Waals surface area contributed by atoms with E-state index in [0.29, 0.717) is 17.1 Å². The van der Waals surface area contributed by atoms with Crippen LogP contribution in [0.4, 0.5) is 0 Å². The lowest BCUT2D eigenvalue weighted by Crippen LogP contribution is -2.52. The van der Waals surface area contributed by atoms with E-state index in [2.05, 4.69) is 27.7 Å². The molecule has 4 rings (SSSR count). The first-order valence-electron chi connectivity index (χ1n) is 6.19. The highest BCUT2D eigenvalue weighted by atomic mass is 16.1. The summed E-state index contributed by atoms with van der Waals surface area (Å²) in [5.74, 6) is 2.90. The van der Waals surface area contributed by atoms with Crippen LogP contribution >= 0.6 is 0 Å². The van der Waals surface area contributed by atoms with Gasteiger partial charge in [0.2, 0.25) is 0 Å². The zero-order chi connectivity index (χ0) is 11.0. The molecule has 15 heavy (non-hydrogen) atoms. The molecule has 1 heteroatoms. The van der Waals surface area contributed by atoms with Gasteiger partial charge in [0, 0.05) is 5.92 Å². The third-order valence-corrected chi connectivity index (χ3v) is 5.60. The van der Waals surface area contributed by atoms with Gasteiger partial charge in [-0.1, -0.05) is 26.3 Å². The average Bonchev–Trinajstić information content (AvgIpc) is 2.44. The van der Waals surface area contributed by atoms with Crippen LogP contribution in [0.5, 0.6) is 0 Å². The Morgan fingerprint density at radius 1 is 1.27 bits per heavy atom. The number of carbonyl (C=O) groups excluding carboxylic acids is 1. The molecular formula is C14H20O. The molecule has 3 saturated carbocycles. The Labute approximate surface area is 91.9 Å². The summed E-state index contributed by atoms with van der Waals surface area (Å²) in [7, 11) is 0. The molecule has 0 aromatic rings. The molecule has 0 aliphatic heterocycles. The molecule has 2 bridgehead atoms. The molecular weight excluding hydrogens is 184 g/mol. The summed E-state index contributed by atoms with van der Waals surface area (Å²) >= 11 is 0. The summed E-state index contributed by atoms with van der Waals surface area (Å²) in [6.45, 7) is 8.95. The number of Topliss-reactive ketones (excluding diaryl/α,β-unsaturated/α-hetero) is 1. The summed E-state index contributed by atoms with van der Waals surface area (Å²) in [6.07, 6.45) is 2.61. The van der Waals surface area contributed by atoms with Crippen molar-refractivity contribution in [3.8, 4) is 0 Å². The summed E-state index contributed by atoms with van der Waals surface area (Å²) in [5, 5.41) is 0. The largest absolute Gasteiger partial charge is 0.294 e. The maximum atomic E-state index is 12.0. The first kappa shape index (κ1) is 9.62. The average molecular weight is 204 g/mol. The van der Waals surface area contributed by atoms with Crippen LogP contribution < -0.4 is 0 Å². The van der Waals surface area contributed by atoms with Gasteiger partial charge in [-0.25, -0.2) is 0 Å². The second-order valence-corrected chi connectivity index (χ2v) is 6.38. The van der Waals surface area contributed by atoms with Crippen LogP contribution in [0.3, 0.4) is 0 Å². The van der Waals surface area contributed by atoms with Crippen molar-refractivity contribution in [1.29, 1.82) is 0 Å². The zero-order valence-electron chi connectivity index (χ0n) is 10.1. The van der Waals surface area contributed by atoms with Gasteiger partial charge in [0.1, 0.15) is 0 Å². The van der Waals surface area contributed by atoms with Gasteiger partial charge in [0.05, 0.1) is 0 Å². The van der Waals surface area contributed by atoms with Crippen LogP contribution in [-0.2, 0) is 4.79 Å². The van der Waals surface area contributed by atoms with E-state index in [1.165, 1.54) is 12.8 Å². The van der Waals surface area contributed by atoms with Gasteiger partial charge >= 0.3 is 0 Å². The minimum Gasteiger partial charge on any atom is -0.294 e. The number of hydrogen-bond acceptors (Lipinski definition) is 1. The van der Waals surface area contributed by atoms with Crippen molar-refractivity contribution in [2.45, 2.75) is 40.5 Å². The van der Waals surface area contributed by atoms with Crippen LogP contribution in [0.2, 0.25) is 0 Å². The molecule has 4 aliphatic rings. The SMILES string of the molecule is CC1=C2[C@@H](C[C@H]3C[C@H]2C3(C)C)[C@H](C)C1=O. The van der Waals surface area contributed by atoms with Crippen LogP contribution in [0.1, 0.15) is 40.5 Å². The molecule has 4 atom stereocenters. The highest BCUT2D eigenvalue weighted by molar-refractivity contribution is 6.00.